The van der Waals surface area contributed by atoms with Gasteiger partial charge in [0, 0.05) is 17.0 Å². The van der Waals surface area contributed by atoms with Crippen molar-refractivity contribution in [3.8, 4) is 11.3 Å². The molecule has 0 aliphatic rings. The summed E-state index contributed by atoms with van der Waals surface area (Å²) in [4.78, 5) is 0. The Morgan fingerprint density at radius 2 is 1.95 bits per heavy atom. The van der Waals surface area contributed by atoms with Gasteiger partial charge >= 0.3 is 0 Å². The lowest BCUT2D eigenvalue weighted by molar-refractivity contribution is 0.591. The number of nitrogens with one attached hydrogen (secondary N) is 1. The first-order chi connectivity index (χ1) is 10.2. The van der Waals surface area contributed by atoms with Gasteiger partial charge in [0.1, 0.15) is 17.2 Å². The Labute approximate surface area is 123 Å². The van der Waals surface area contributed by atoms with Gasteiger partial charge in [-0.05, 0) is 43.3 Å². The van der Waals surface area contributed by atoms with Crippen LogP contribution in [0, 0.1) is 5.82 Å². The van der Waals surface area contributed by atoms with Crippen molar-refractivity contribution < 1.29 is 8.81 Å². The molecule has 0 saturated heterocycles. The molecule has 2 nitrogen and oxygen atoms in total. The first kappa shape index (κ1) is 13.8. The lowest BCUT2D eigenvalue weighted by atomic mass is 9.99. The van der Waals surface area contributed by atoms with Crippen LogP contribution in [0.1, 0.15) is 25.5 Å². The van der Waals surface area contributed by atoms with E-state index in [1.165, 1.54) is 17.7 Å². The zero-order valence-electron chi connectivity index (χ0n) is 12.2. The number of hydrogen-bond acceptors (Lipinski definition) is 2. The third kappa shape index (κ3) is 2.69. The van der Waals surface area contributed by atoms with E-state index >= 15 is 0 Å². The normalized spacial score (nSPS) is 12.7. The molecule has 21 heavy (non-hydrogen) atoms. The second kappa shape index (κ2) is 5.70. The number of benzene rings is 2. The van der Waals surface area contributed by atoms with Crippen molar-refractivity contribution in [2.75, 3.05) is 6.54 Å². The number of furan rings is 1. The summed E-state index contributed by atoms with van der Waals surface area (Å²) in [6, 6.07) is 14.9. The van der Waals surface area contributed by atoms with E-state index in [0.717, 1.165) is 23.3 Å². The van der Waals surface area contributed by atoms with Gasteiger partial charge in [-0.1, -0.05) is 31.2 Å². The van der Waals surface area contributed by atoms with Crippen LogP contribution in [0.15, 0.2) is 52.9 Å². The molecule has 0 spiro atoms. The fourth-order valence-corrected chi connectivity index (χ4v) is 2.66. The van der Waals surface area contributed by atoms with Crippen molar-refractivity contribution in [3.05, 3.63) is 59.9 Å². The van der Waals surface area contributed by atoms with Crippen LogP contribution in [-0.2, 0) is 0 Å². The average molecular weight is 283 g/mol. The molecule has 2 aromatic carbocycles. The van der Waals surface area contributed by atoms with E-state index in [9.17, 15) is 4.39 Å². The molecule has 0 saturated carbocycles. The Hall–Kier alpha value is -2.13. The van der Waals surface area contributed by atoms with Gasteiger partial charge in [-0.15, -0.1) is 0 Å². The Bertz CT molecular complexity index is 763. The van der Waals surface area contributed by atoms with E-state index in [1.807, 2.05) is 24.3 Å². The van der Waals surface area contributed by atoms with Gasteiger partial charge in [0.2, 0.25) is 0 Å². The van der Waals surface area contributed by atoms with Crippen molar-refractivity contribution in [1.29, 1.82) is 0 Å². The molecule has 0 fully saturated rings. The standard InChI is InChI=1S/C18H18FNO/c1-3-20-12(2)15-6-4-5-7-16(15)18-11-13-10-14(19)8-9-17(13)21-18/h4-12,20H,3H2,1-2H3. The van der Waals surface area contributed by atoms with Crippen LogP contribution in [0.4, 0.5) is 4.39 Å². The van der Waals surface area contributed by atoms with Crippen LogP contribution in [0.3, 0.4) is 0 Å². The summed E-state index contributed by atoms with van der Waals surface area (Å²) in [5.41, 5.74) is 2.93. The fourth-order valence-electron chi connectivity index (χ4n) is 2.66. The van der Waals surface area contributed by atoms with E-state index in [4.69, 9.17) is 4.42 Å². The van der Waals surface area contributed by atoms with Gasteiger partial charge in [0.15, 0.2) is 0 Å². The average Bonchev–Trinajstić information content (AvgIpc) is 2.90. The topological polar surface area (TPSA) is 25.2 Å². The number of halogens is 1. The van der Waals surface area contributed by atoms with E-state index in [1.54, 1.807) is 6.07 Å². The van der Waals surface area contributed by atoms with Gasteiger partial charge < -0.3 is 9.73 Å². The van der Waals surface area contributed by atoms with E-state index in [-0.39, 0.29) is 11.9 Å². The first-order valence-corrected chi connectivity index (χ1v) is 7.21. The molecule has 0 radical (unpaired) electrons. The van der Waals surface area contributed by atoms with Crippen LogP contribution in [0.2, 0.25) is 0 Å². The van der Waals surface area contributed by atoms with Crippen molar-refractivity contribution >= 4 is 11.0 Å². The predicted molar refractivity (Wildman–Crippen MR) is 83.7 cm³/mol. The van der Waals surface area contributed by atoms with E-state index in [2.05, 4.69) is 25.2 Å². The maximum absolute atomic E-state index is 13.3. The summed E-state index contributed by atoms with van der Waals surface area (Å²) in [5.74, 6) is 0.528. The highest BCUT2D eigenvalue weighted by Crippen LogP contribution is 2.32. The second-order valence-electron chi connectivity index (χ2n) is 5.16. The van der Waals surface area contributed by atoms with Crippen LogP contribution in [0.5, 0.6) is 0 Å². The molecular formula is C18H18FNO. The molecule has 1 N–H and O–H groups in total. The van der Waals surface area contributed by atoms with Crippen molar-refractivity contribution in [3.63, 3.8) is 0 Å². The van der Waals surface area contributed by atoms with Crippen LogP contribution in [0.25, 0.3) is 22.3 Å². The summed E-state index contributed by atoms with van der Waals surface area (Å²) in [7, 11) is 0. The molecule has 0 amide bonds. The maximum Gasteiger partial charge on any atom is 0.135 e. The van der Waals surface area contributed by atoms with Crippen LogP contribution >= 0.6 is 0 Å². The van der Waals surface area contributed by atoms with Gasteiger partial charge in [-0.3, -0.25) is 0 Å². The van der Waals surface area contributed by atoms with Crippen LogP contribution < -0.4 is 5.32 Å². The molecule has 3 rings (SSSR count). The van der Waals surface area contributed by atoms with E-state index < -0.39 is 0 Å². The summed E-state index contributed by atoms with van der Waals surface area (Å²) in [6.45, 7) is 5.12. The van der Waals surface area contributed by atoms with Crippen molar-refractivity contribution in [2.45, 2.75) is 19.9 Å². The van der Waals surface area contributed by atoms with E-state index in [0.29, 0.717) is 5.58 Å². The highest BCUT2D eigenvalue weighted by atomic mass is 19.1. The maximum atomic E-state index is 13.3. The Balaban J connectivity index is 2.09. The third-order valence-electron chi connectivity index (χ3n) is 3.68. The number of fused-ring (bicyclic) bond motifs is 1. The molecule has 3 heteroatoms. The highest BCUT2D eigenvalue weighted by molar-refractivity contribution is 5.83. The minimum Gasteiger partial charge on any atom is -0.456 e. The van der Waals surface area contributed by atoms with Crippen LogP contribution in [-0.4, -0.2) is 6.54 Å². The number of rotatable bonds is 4. The smallest absolute Gasteiger partial charge is 0.135 e. The Morgan fingerprint density at radius 3 is 2.76 bits per heavy atom. The largest absolute Gasteiger partial charge is 0.456 e. The molecular weight excluding hydrogens is 265 g/mol. The van der Waals surface area contributed by atoms with Gasteiger partial charge in [0.25, 0.3) is 0 Å². The molecule has 0 aliphatic carbocycles. The Kier molecular flexibility index (Phi) is 3.76. The minimum atomic E-state index is -0.246. The van der Waals surface area contributed by atoms with Gasteiger partial charge in [0.05, 0.1) is 0 Å². The zero-order chi connectivity index (χ0) is 14.8. The predicted octanol–water partition coefficient (Wildman–Crippen LogP) is 4.91. The quantitative estimate of drug-likeness (QED) is 0.736. The van der Waals surface area contributed by atoms with Gasteiger partial charge in [-0.2, -0.15) is 0 Å². The lowest BCUT2D eigenvalue weighted by Crippen LogP contribution is -2.18. The fraction of sp³-hybridized carbons (Fsp3) is 0.222. The van der Waals surface area contributed by atoms with Crippen molar-refractivity contribution in [2.24, 2.45) is 0 Å². The SMILES string of the molecule is CCNC(C)c1ccccc1-c1cc2cc(F)ccc2o1. The monoisotopic (exact) mass is 283 g/mol. The first-order valence-electron chi connectivity index (χ1n) is 7.21. The van der Waals surface area contributed by atoms with Crippen molar-refractivity contribution in [1.82, 2.24) is 5.32 Å². The molecule has 1 atom stereocenters. The summed E-state index contributed by atoms with van der Waals surface area (Å²) < 4.78 is 19.2. The summed E-state index contributed by atoms with van der Waals surface area (Å²) in [6.07, 6.45) is 0. The highest BCUT2D eigenvalue weighted by Gasteiger charge is 2.14. The lowest BCUT2D eigenvalue weighted by Gasteiger charge is -2.15. The molecule has 108 valence electrons. The Morgan fingerprint density at radius 1 is 1.14 bits per heavy atom. The van der Waals surface area contributed by atoms with Gasteiger partial charge in [-0.25, -0.2) is 4.39 Å². The zero-order valence-corrected chi connectivity index (χ0v) is 12.2. The minimum absolute atomic E-state index is 0.233. The number of hydrogen-bond donors (Lipinski definition) is 1. The molecule has 0 aliphatic heterocycles. The summed E-state index contributed by atoms with van der Waals surface area (Å²) in [5, 5.41) is 4.20. The molecule has 1 heterocycles. The third-order valence-corrected chi connectivity index (χ3v) is 3.68. The molecule has 0 bridgehead atoms. The molecule has 3 aromatic rings. The molecule has 1 aromatic heterocycles. The molecule has 1 unspecified atom stereocenters. The summed E-state index contributed by atoms with van der Waals surface area (Å²) >= 11 is 0. The second-order valence-corrected chi connectivity index (χ2v) is 5.16.